The van der Waals surface area contributed by atoms with Gasteiger partial charge in [-0.05, 0) is 135 Å². The van der Waals surface area contributed by atoms with E-state index in [1.54, 1.807) is 0 Å². The smallest absolute Gasteiger partial charge is 0.462 e. The Morgan fingerprint density at radius 2 is 0.500 bits per heavy atom. The highest BCUT2D eigenvalue weighted by molar-refractivity contribution is 7.47. The van der Waals surface area contributed by atoms with E-state index in [9.17, 15) is 43.2 Å². The number of carbonyl (C=O) groups excluding carboxylic acids is 4. The molecule has 2 unspecified atom stereocenters. The highest BCUT2D eigenvalue weighted by Crippen LogP contribution is 2.45. The van der Waals surface area contributed by atoms with Gasteiger partial charge in [-0.1, -0.05) is 298 Å². The van der Waals surface area contributed by atoms with E-state index in [0.717, 1.165) is 161 Å². The second kappa shape index (κ2) is 76.9. The first kappa shape index (κ1) is 99.7. The van der Waals surface area contributed by atoms with Gasteiger partial charge in [0.1, 0.15) is 19.3 Å². The van der Waals surface area contributed by atoms with Crippen LogP contribution in [0, 0.1) is 0 Å². The van der Waals surface area contributed by atoms with E-state index in [0.29, 0.717) is 25.7 Å². The molecule has 600 valence electrons. The minimum absolute atomic E-state index is 0.0514. The molecule has 0 aromatic carbocycles. The van der Waals surface area contributed by atoms with Crippen LogP contribution in [0.15, 0.2) is 109 Å². The molecule has 0 spiro atoms. The molecule has 0 aliphatic rings. The summed E-state index contributed by atoms with van der Waals surface area (Å²) in [5, 5.41) is 10.7. The molecular formula is C85H148O17P2. The molecule has 3 N–H and O–H groups in total. The maximum absolute atomic E-state index is 13.1. The first-order valence-corrected chi connectivity index (χ1v) is 44.1. The molecule has 0 rings (SSSR count). The van der Waals surface area contributed by atoms with E-state index in [1.807, 2.05) is 0 Å². The van der Waals surface area contributed by atoms with Crippen LogP contribution in [0.2, 0.25) is 0 Å². The monoisotopic (exact) mass is 1500 g/mol. The number of phosphoric acid groups is 2. The number of phosphoric ester groups is 2. The highest BCUT2D eigenvalue weighted by atomic mass is 31.2. The van der Waals surface area contributed by atoms with Crippen molar-refractivity contribution in [3.05, 3.63) is 109 Å². The summed E-state index contributed by atoms with van der Waals surface area (Å²) in [6.45, 7) is 4.69. The molecule has 0 radical (unpaired) electrons. The van der Waals surface area contributed by atoms with Crippen LogP contribution in [0.5, 0.6) is 0 Å². The lowest BCUT2D eigenvalue weighted by Crippen LogP contribution is -2.30. The average molecular weight is 1500 g/mol. The molecule has 17 nitrogen and oxygen atoms in total. The quantitative estimate of drug-likeness (QED) is 0.0169. The van der Waals surface area contributed by atoms with E-state index < -0.39 is 97.5 Å². The predicted octanol–water partition coefficient (Wildman–Crippen LogP) is 24.1. The number of aliphatic hydroxyl groups excluding tert-OH is 1. The second-order valence-electron chi connectivity index (χ2n) is 27.3. The minimum atomic E-state index is -4.99. The summed E-state index contributed by atoms with van der Waals surface area (Å²) >= 11 is 0. The van der Waals surface area contributed by atoms with Gasteiger partial charge in [0.05, 0.1) is 26.4 Å². The lowest BCUT2D eigenvalue weighted by molar-refractivity contribution is -0.161. The first-order valence-electron chi connectivity index (χ1n) is 41.1. The summed E-state index contributed by atoms with van der Waals surface area (Å²) in [5.74, 6) is -2.22. The molecule has 0 heterocycles. The number of ether oxygens (including phenoxy) is 4. The topological polar surface area (TPSA) is 237 Å². The second-order valence-corrected chi connectivity index (χ2v) is 30.2. The van der Waals surface area contributed by atoms with E-state index >= 15 is 0 Å². The number of carbonyl (C=O) groups is 4. The molecule has 0 fully saturated rings. The Kier molecular flexibility index (Phi) is 73.7. The Hall–Kier alpha value is -4.28. The van der Waals surface area contributed by atoms with Crippen LogP contribution in [0.1, 0.15) is 349 Å². The first-order chi connectivity index (χ1) is 50.7. The molecule has 5 atom stereocenters. The lowest BCUT2D eigenvalue weighted by Gasteiger charge is -2.21. The molecule has 0 aromatic heterocycles. The van der Waals surface area contributed by atoms with Crippen LogP contribution < -0.4 is 0 Å². The van der Waals surface area contributed by atoms with Crippen molar-refractivity contribution in [2.75, 3.05) is 39.6 Å². The van der Waals surface area contributed by atoms with Crippen LogP contribution in [-0.2, 0) is 65.4 Å². The highest BCUT2D eigenvalue weighted by Gasteiger charge is 2.30. The fourth-order valence-corrected chi connectivity index (χ4v) is 12.5. The standard InChI is InChI=1S/C85H148O17P2/c1-5-9-13-17-21-25-29-33-37-38-39-40-44-48-52-56-60-64-68-72-85(90)102-81(76-96-83(88)70-66-62-58-54-50-46-42-35-31-27-23-19-15-11-7-3)78-100-104(93,94)98-74-79(86)73-97-103(91,92)99-77-80(101-84(89)71-67-63-59-55-51-47-43-36-32-28-24-20-16-12-8-4)75-95-82(87)69-65-61-57-53-49-45-41-34-30-26-22-18-14-10-6-2/h9,13,21,23-25,27-28,33,35-37,39-40,42-43,48,52,79-81,86H,5-8,10-12,14-20,22,26,29-32,34,38,41,44-47,49-51,53-78H2,1-4H3,(H,91,92)(H,93,94)/b13-9-,25-21-,27-23-,28-24-,37-33-,40-39-,42-35-,43-36-,52-48-/t79-,80+,81+/m0/s1. The zero-order valence-corrected chi connectivity index (χ0v) is 67.5. The van der Waals surface area contributed by atoms with Gasteiger partial charge in [0.2, 0.25) is 0 Å². The summed E-state index contributed by atoms with van der Waals surface area (Å²) in [6, 6.07) is 0. The number of hydrogen-bond donors (Lipinski definition) is 3. The zero-order chi connectivity index (χ0) is 76.0. The third kappa shape index (κ3) is 75.9. The number of allylic oxidation sites excluding steroid dienone is 18. The molecule has 0 aliphatic heterocycles. The van der Waals surface area contributed by atoms with Gasteiger partial charge in [0.25, 0.3) is 0 Å². The summed E-state index contributed by atoms with van der Waals surface area (Å²) in [5.41, 5.74) is 0. The van der Waals surface area contributed by atoms with Crippen molar-refractivity contribution in [1.29, 1.82) is 0 Å². The normalized spacial score (nSPS) is 14.4. The molecule has 0 saturated carbocycles. The van der Waals surface area contributed by atoms with E-state index in [2.05, 4.69) is 137 Å². The molecular weight excluding hydrogens is 1350 g/mol. The van der Waals surface area contributed by atoms with Crippen molar-refractivity contribution in [2.45, 2.75) is 367 Å². The van der Waals surface area contributed by atoms with Gasteiger partial charge in [-0.15, -0.1) is 0 Å². The zero-order valence-electron chi connectivity index (χ0n) is 65.7. The largest absolute Gasteiger partial charge is 0.472 e. The third-order valence-electron chi connectivity index (χ3n) is 17.2. The molecule has 0 bridgehead atoms. The lowest BCUT2D eigenvalue weighted by atomic mass is 10.0. The van der Waals surface area contributed by atoms with Gasteiger partial charge in [-0.3, -0.25) is 37.3 Å². The Bertz CT molecular complexity index is 2390. The Morgan fingerprint density at radius 3 is 0.798 bits per heavy atom. The number of esters is 4. The fraction of sp³-hybridized carbons (Fsp3) is 0.741. The number of unbranched alkanes of at least 4 members (excludes halogenated alkanes) is 33. The van der Waals surface area contributed by atoms with Gasteiger partial charge in [0.15, 0.2) is 12.2 Å². The van der Waals surface area contributed by atoms with Gasteiger partial charge < -0.3 is 33.8 Å². The molecule has 19 heteroatoms. The minimum Gasteiger partial charge on any atom is -0.462 e. The summed E-state index contributed by atoms with van der Waals surface area (Å²) in [7, 11) is -9.98. The van der Waals surface area contributed by atoms with Crippen molar-refractivity contribution in [3.63, 3.8) is 0 Å². The van der Waals surface area contributed by atoms with Crippen molar-refractivity contribution in [1.82, 2.24) is 0 Å². The number of hydrogen-bond acceptors (Lipinski definition) is 15. The van der Waals surface area contributed by atoms with Gasteiger partial charge in [-0.25, -0.2) is 9.13 Å². The number of rotatable bonds is 77. The molecule has 0 amide bonds. The van der Waals surface area contributed by atoms with E-state index in [4.69, 9.17) is 37.0 Å². The summed E-state index contributed by atoms with van der Waals surface area (Å²) in [6.07, 6.45) is 83.4. The Morgan fingerprint density at radius 1 is 0.279 bits per heavy atom. The van der Waals surface area contributed by atoms with Gasteiger partial charge >= 0.3 is 39.5 Å². The molecule has 0 saturated heterocycles. The van der Waals surface area contributed by atoms with E-state index in [-0.39, 0.29) is 25.7 Å². The summed E-state index contributed by atoms with van der Waals surface area (Å²) < 4.78 is 68.7. The number of aliphatic hydroxyl groups is 1. The Labute approximate surface area is 632 Å². The molecule has 0 aliphatic carbocycles. The van der Waals surface area contributed by atoms with Crippen LogP contribution in [-0.4, -0.2) is 96.7 Å². The third-order valence-corrected chi connectivity index (χ3v) is 19.1. The molecule has 0 aromatic rings. The van der Waals surface area contributed by atoms with Crippen LogP contribution in [0.3, 0.4) is 0 Å². The fourth-order valence-electron chi connectivity index (χ4n) is 11.0. The van der Waals surface area contributed by atoms with Crippen LogP contribution in [0.4, 0.5) is 0 Å². The van der Waals surface area contributed by atoms with Crippen LogP contribution in [0.25, 0.3) is 0 Å². The molecule has 104 heavy (non-hydrogen) atoms. The van der Waals surface area contributed by atoms with Gasteiger partial charge in [-0.2, -0.15) is 0 Å². The van der Waals surface area contributed by atoms with E-state index in [1.165, 1.54) is 109 Å². The van der Waals surface area contributed by atoms with Crippen molar-refractivity contribution in [2.24, 2.45) is 0 Å². The maximum Gasteiger partial charge on any atom is 0.472 e. The summed E-state index contributed by atoms with van der Waals surface area (Å²) in [4.78, 5) is 73.1. The van der Waals surface area contributed by atoms with Gasteiger partial charge in [0, 0.05) is 25.7 Å². The SMILES string of the molecule is CC/C=C\C/C=C\C/C=C\C/C=C\C/C=C\CCCCCC(=O)O[C@H](COC(=O)CCCCCCC/C=C\C/C=C\CCCCC)COP(=O)(O)OC[C@@H](O)COP(=O)(O)OC[C@@H](COC(=O)CCCCCCCCCCCCCCCCC)OC(=O)CCCCCCC/C=C\C/C=C\CCCCC. The van der Waals surface area contributed by atoms with Crippen LogP contribution >= 0.6 is 15.6 Å². The predicted molar refractivity (Wildman–Crippen MR) is 427 cm³/mol. The maximum atomic E-state index is 13.1. The van der Waals surface area contributed by atoms with Crippen molar-refractivity contribution >= 4 is 39.5 Å². The van der Waals surface area contributed by atoms with Crippen molar-refractivity contribution in [3.8, 4) is 0 Å². The Balaban J connectivity index is 5.41. The van der Waals surface area contributed by atoms with Crippen molar-refractivity contribution < 1.29 is 80.2 Å². The average Bonchev–Trinajstić information content (AvgIpc) is 0.943.